The van der Waals surface area contributed by atoms with Gasteiger partial charge >= 0.3 is 5.97 Å². The van der Waals surface area contributed by atoms with Gasteiger partial charge in [-0.25, -0.2) is 4.98 Å². The quantitative estimate of drug-likeness (QED) is 0.838. The molecule has 0 amide bonds. The predicted molar refractivity (Wildman–Crippen MR) is 72.7 cm³/mol. The lowest BCUT2D eigenvalue weighted by Crippen LogP contribution is -2.34. The third-order valence-corrected chi connectivity index (χ3v) is 4.02. The molecule has 5 heteroatoms. The van der Waals surface area contributed by atoms with Gasteiger partial charge in [0.2, 0.25) is 0 Å². The maximum absolute atomic E-state index is 11.4. The molecule has 1 aliphatic rings. The summed E-state index contributed by atoms with van der Waals surface area (Å²) in [7, 11) is 3.37. The van der Waals surface area contributed by atoms with Crippen molar-refractivity contribution in [3.8, 4) is 0 Å². The maximum atomic E-state index is 11.4. The Kier molecular flexibility index (Phi) is 4.58. The van der Waals surface area contributed by atoms with Crippen LogP contribution in [0.25, 0.3) is 0 Å². The predicted octanol–water partition coefficient (Wildman–Crippen LogP) is 1.51. The molecule has 1 saturated carbocycles. The van der Waals surface area contributed by atoms with E-state index < -0.39 is 6.04 Å². The molecule has 1 heterocycles. The smallest absolute Gasteiger partial charge is 0.323 e. The highest BCUT2D eigenvalue weighted by atomic mass is 16.5. The molecule has 1 aliphatic carbocycles. The molecular formula is C14H23N3O2. The van der Waals surface area contributed by atoms with Crippen LogP contribution in [-0.2, 0) is 23.0 Å². The van der Waals surface area contributed by atoms with Crippen molar-refractivity contribution in [1.82, 2.24) is 9.55 Å². The van der Waals surface area contributed by atoms with Gasteiger partial charge in [0.15, 0.2) is 0 Å². The number of hydrogen-bond donors (Lipinski definition) is 1. The van der Waals surface area contributed by atoms with Crippen LogP contribution in [0.2, 0.25) is 0 Å². The molecule has 2 rings (SSSR count). The number of carbonyl (C=O) groups is 1. The van der Waals surface area contributed by atoms with Crippen LogP contribution in [0.5, 0.6) is 0 Å². The van der Waals surface area contributed by atoms with Gasteiger partial charge in [-0.3, -0.25) is 4.79 Å². The standard InChI is InChI=1S/C14H23N3O2/c1-17-11(8-12(15)14(18)19-2)9-16-13(17)10-6-4-3-5-7-10/h9-10,12H,3-8,15H2,1-2H3/t12-/m0/s1. The van der Waals surface area contributed by atoms with E-state index in [0.29, 0.717) is 12.3 Å². The van der Waals surface area contributed by atoms with Crippen molar-refractivity contribution in [2.75, 3.05) is 7.11 Å². The average molecular weight is 265 g/mol. The van der Waals surface area contributed by atoms with Crippen molar-refractivity contribution in [1.29, 1.82) is 0 Å². The number of methoxy groups -OCH3 is 1. The Balaban J connectivity index is 2.07. The van der Waals surface area contributed by atoms with Gasteiger partial charge in [0.25, 0.3) is 0 Å². The summed E-state index contributed by atoms with van der Waals surface area (Å²) < 4.78 is 6.75. The Hall–Kier alpha value is -1.36. The Bertz CT molecular complexity index is 436. The van der Waals surface area contributed by atoms with Crippen molar-refractivity contribution in [3.05, 3.63) is 17.7 Å². The van der Waals surface area contributed by atoms with Crippen LogP contribution in [0.1, 0.15) is 49.5 Å². The summed E-state index contributed by atoms with van der Waals surface area (Å²) in [5.41, 5.74) is 6.80. The van der Waals surface area contributed by atoms with Crippen LogP contribution >= 0.6 is 0 Å². The van der Waals surface area contributed by atoms with Crippen LogP contribution in [0, 0.1) is 0 Å². The zero-order chi connectivity index (χ0) is 13.8. The van der Waals surface area contributed by atoms with Crippen molar-refractivity contribution < 1.29 is 9.53 Å². The van der Waals surface area contributed by atoms with Crippen molar-refractivity contribution in [2.45, 2.75) is 50.5 Å². The molecule has 1 aromatic rings. The summed E-state index contributed by atoms with van der Waals surface area (Å²) in [6.07, 6.45) is 8.65. The lowest BCUT2D eigenvalue weighted by Gasteiger charge is -2.21. The fraction of sp³-hybridized carbons (Fsp3) is 0.714. The first-order chi connectivity index (χ1) is 9.13. The van der Waals surface area contributed by atoms with Crippen molar-refractivity contribution >= 4 is 5.97 Å². The van der Waals surface area contributed by atoms with E-state index in [9.17, 15) is 4.79 Å². The van der Waals surface area contributed by atoms with Gasteiger partial charge in [-0.05, 0) is 12.8 Å². The monoisotopic (exact) mass is 265 g/mol. The van der Waals surface area contributed by atoms with Gasteiger partial charge in [0.1, 0.15) is 11.9 Å². The normalized spacial score (nSPS) is 18.3. The number of imidazole rings is 1. The molecule has 0 spiro atoms. The molecule has 1 aromatic heterocycles. The highest BCUT2D eigenvalue weighted by molar-refractivity contribution is 5.75. The summed E-state index contributed by atoms with van der Waals surface area (Å²) in [4.78, 5) is 15.9. The minimum atomic E-state index is -0.611. The topological polar surface area (TPSA) is 70.1 Å². The fourth-order valence-corrected chi connectivity index (χ4v) is 2.85. The highest BCUT2D eigenvalue weighted by Crippen LogP contribution is 2.31. The SMILES string of the molecule is COC(=O)[C@@H](N)Cc1cnc(C2CCCCC2)n1C. The number of ether oxygens (including phenoxy) is 1. The third-order valence-electron chi connectivity index (χ3n) is 4.02. The van der Waals surface area contributed by atoms with E-state index in [0.717, 1.165) is 11.5 Å². The van der Waals surface area contributed by atoms with E-state index in [1.165, 1.54) is 39.2 Å². The number of hydrogen-bond acceptors (Lipinski definition) is 4. The number of esters is 1. The summed E-state index contributed by atoms with van der Waals surface area (Å²) >= 11 is 0. The van der Waals surface area contributed by atoms with E-state index in [2.05, 4.69) is 14.3 Å². The Morgan fingerprint density at radius 3 is 2.84 bits per heavy atom. The second-order valence-electron chi connectivity index (χ2n) is 5.34. The lowest BCUT2D eigenvalue weighted by molar-refractivity contribution is -0.142. The molecule has 0 radical (unpaired) electrons. The largest absolute Gasteiger partial charge is 0.468 e. The Morgan fingerprint density at radius 1 is 1.53 bits per heavy atom. The summed E-state index contributed by atoms with van der Waals surface area (Å²) in [6.45, 7) is 0. The van der Waals surface area contributed by atoms with E-state index in [4.69, 9.17) is 5.73 Å². The summed E-state index contributed by atoms with van der Waals surface area (Å²) in [6, 6.07) is -0.611. The zero-order valence-electron chi connectivity index (χ0n) is 11.8. The zero-order valence-corrected chi connectivity index (χ0v) is 11.8. The molecule has 1 atom stereocenters. The van der Waals surface area contributed by atoms with E-state index in [-0.39, 0.29) is 5.97 Å². The number of carbonyl (C=O) groups excluding carboxylic acids is 1. The average Bonchev–Trinajstić information content (AvgIpc) is 2.80. The van der Waals surface area contributed by atoms with Gasteiger partial charge in [0, 0.05) is 31.3 Å². The van der Waals surface area contributed by atoms with Gasteiger partial charge < -0.3 is 15.0 Å². The van der Waals surface area contributed by atoms with Crippen LogP contribution in [0.4, 0.5) is 0 Å². The minimum absolute atomic E-state index is 0.375. The van der Waals surface area contributed by atoms with Gasteiger partial charge in [0.05, 0.1) is 7.11 Å². The molecule has 19 heavy (non-hydrogen) atoms. The molecule has 0 unspecified atom stereocenters. The molecule has 0 aromatic carbocycles. The molecule has 1 fully saturated rings. The Labute approximate surface area is 114 Å². The van der Waals surface area contributed by atoms with Gasteiger partial charge in [-0.1, -0.05) is 19.3 Å². The first kappa shape index (κ1) is 14.1. The molecule has 2 N–H and O–H groups in total. The highest BCUT2D eigenvalue weighted by Gasteiger charge is 2.22. The van der Waals surface area contributed by atoms with Crippen molar-refractivity contribution in [3.63, 3.8) is 0 Å². The van der Waals surface area contributed by atoms with E-state index in [1.807, 2.05) is 13.2 Å². The molecular weight excluding hydrogens is 242 g/mol. The van der Waals surface area contributed by atoms with Crippen LogP contribution in [-0.4, -0.2) is 28.7 Å². The molecule has 5 nitrogen and oxygen atoms in total. The van der Waals surface area contributed by atoms with Crippen LogP contribution < -0.4 is 5.73 Å². The maximum Gasteiger partial charge on any atom is 0.323 e. The first-order valence-electron chi connectivity index (χ1n) is 6.97. The van der Waals surface area contributed by atoms with Crippen molar-refractivity contribution in [2.24, 2.45) is 12.8 Å². The van der Waals surface area contributed by atoms with E-state index in [1.54, 1.807) is 0 Å². The molecule has 0 aliphatic heterocycles. The summed E-state index contributed by atoms with van der Waals surface area (Å²) in [5.74, 6) is 1.31. The number of nitrogens with zero attached hydrogens (tertiary/aromatic N) is 2. The number of aromatic nitrogens is 2. The number of rotatable bonds is 4. The molecule has 106 valence electrons. The first-order valence-corrected chi connectivity index (χ1v) is 6.97. The third kappa shape index (κ3) is 3.15. The fourth-order valence-electron chi connectivity index (χ4n) is 2.85. The van der Waals surface area contributed by atoms with Crippen LogP contribution in [0.3, 0.4) is 0 Å². The second kappa shape index (κ2) is 6.19. The minimum Gasteiger partial charge on any atom is -0.468 e. The molecule has 0 bridgehead atoms. The summed E-state index contributed by atoms with van der Waals surface area (Å²) in [5, 5.41) is 0. The van der Waals surface area contributed by atoms with Gasteiger partial charge in [-0.15, -0.1) is 0 Å². The Morgan fingerprint density at radius 2 is 2.21 bits per heavy atom. The lowest BCUT2D eigenvalue weighted by atomic mass is 9.89. The number of nitrogens with two attached hydrogens (primary N) is 1. The molecule has 0 saturated heterocycles. The van der Waals surface area contributed by atoms with Gasteiger partial charge in [-0.2, -0.15) is 0 Å². The van der Waals surface area contributed by atoms with E-state index >= 15 is 0 Å². The second-order valence-corrected chi connectivity index (χ2v) is 5.34. The van der Waals surface area contributed by atoms with Crippen LogP contribution in [0.15, 0.2) is 6.20 Å².